The molecule has 0 unspecified atom stereocenters. The average molecular weight is 312 g/mol. The largest absolute Gasteiger partial charge is 0.336 e. The van der Waals surface area contributed by atoms with Crippen LogP contribution in [-0.4, -0.2) is 38.6 Å². The summed E-state index contributed by atoms with van der Waals surface area (Å²) in [5.74, 6) is 5.92. The normalized spacial score (nSPS) is 15.7. The van der Waals surface area contributed by atoms with Crippen LogP contribution in [0.1, 0.15) is 37.9 Å². The van der Waals surface area contributed by atoms with Gasteiger partial charge in [0.05, 0.1) is 5.75 Å². The van der Waals surface area contributed by atoms with E-state index in [0.29, 0.717) is 11.0 Å². The van der Waals surface area contributed by atoms with Crippen molar-refractivity contribution in [3.63, 3.8) is 0 Å². The third-order valence-corrected chi connectivity index (χ3v) is 4.30. The van der Waals surface area contributed by atoms with Gasteiger partial charge >= 0.3 is 6.03 Å². The quantitative estimate of drug-likeness (QED) is 0.552. The summed E-state index contributed by atoms with van der Waals surface area (Å²) in [4.78, 5) is 23.4. The topological polar surface area (TPSA) is 115 Å². The minimum absolute atomic E-state index is 0.0629. The second-order valence-corrected chi connectivity index (χ2v) is 5.99. The van der Waals surface area contributed by atoms with Gasteiger partial charge in [-0.1, -0.05) is 31.0 Å². The van der Waals surface area contributed by atoms with Gasteiger partial charge in [0.2, 0.25) is 11.1 Å². The molecule has 1 aliphatic carbocycles. The van der Waals surface area contributed by atoms with Crippen LogP contribution in [0.3, 0.4) is 0 Å². The fourth-order valence-corrected chi connectivity index (χ4v) is 2.91. The van der Waals surface area contributed by atoms with Gasteiger partial charge in [-0.15, -0.1) is 10.2 Å². The summed E-state index contributed by atoms with van der Waals surface area (Å²) < 4.78 is 1.31. The molecule has 0 saturated heterocycles. The summed E-state index contributed by atoms with van der Waals surface area (Å²) in [6.45, 7) is 1.72. The Bertz CT molecular complexity index is 512. The van der Waals surface area contributed by atoms with Crippen molar-refractivity contribution in [3.8, 4) is 0 Å². The maximum absolute atomic E-state index is 11.7. The molecular weight excluding hydrogens is 292 g/mol. The first-order valence-electron chi connectivity index (χ1n) is 6.96. The molecule has 4 N–H and O–H groups in total. The number of amides is 3. The summed E-state index contributed by atoms with van der Waals surface area (Å²) in [6.07, 6.45) is 5.42. The summed E-state index contributed by atoms with van der Waals surface area (Å²) in [5, 5.41) is 13.2. The summed E-state index contributed by atoms with van der Waals surface area (Å²) in [5.41, 5.74) is 0. The molecule has 0 spiro atoms. The minimum atomic E-state index is -0.433. The van der Waals surface area contributed by atoms with Crippen LogP contribution in [0.15, 0.2) is 5.16 Å². The monoisotopic (exact) mass is 312 g/mol. The van der Waals surface area contributed by atoms with Crippen molar-refractivity contribution in [2.45, 2.75) is 50.2 Å². The van der Waals surface area contributed by atoms with Gasteiger partial charge in [0.15, 0.2) is 0 Å². The Labute approximate surface area is 127 Å². The highest BCUT2D eigenvalue weighted by molar-refractivity contribution is 7.99. The smallest absolute Gasteiger partial charge is 0.321 e. The van der Waals surface area contributed by atoms with Crippen LogP contribution in [0.25, 0.3) is 0 Å². The third kappa shape index (κ3) is 4.62. The van der Waals surface area contributed by atoms with E-state index in [1.165, 1.54) is 11.1 Å². The van der Waals surface area contributed by atoms with Gasteiger partial charge in [-0.3, -0.25) is 10.1 Å². The highest BCUT2D eigenvalue weighted by Crippen LogP contribution is 2.17. The summed E-state index contributed by atoms with van der Waals surface area (Å²) in [6, 6.07) is -0.258. The Balaban J connectivity index is 1.71. The van der Waals surface area contributed by atoms with Crippen molar-refractivity contribution in [1.29, 1.82) is 0 Å². The first-order chi connectivity index (χ1) is 10.1. The van der Waals surface area contributed by atoms with Gasteiger partial charge in [-0.2, -0.15) is 0 Å². The van der Waals surface area contributed by atoms with E-state index in [1.54, 1.807) is 6.92 Å². The van der Waals surface area contributed by atoms with Crippen LogP contribution in [0.4, 0.5) is 4.79 Å². The number of carbonyl (C=O) groups is 2. The number of aryl methyl sites for hydroxylation is 1. The average Bonchev–Trinajstić information content (AvgIpc) is 2.77. The van der Waals surface area contributed by atoms with Gasteiger partial charge in [-0.25, -0.2) is 9.47 Å². The number of aromatic nitrogens is 3. The second kappa shape index (κ2) is 7.30. The predicted molar refractivity (Wildman–Crippen MR) is 79.2 cm³/mol. The SMILES string of the molecule is Cc1nnc(SCC(=O)NC(=O)NC2CCCCC2)n1N. The number of carbonyl (C=O) groups excluding carboxylic acids is 2. The molecule has 1 aliphatic rings. The first-order valence-corrected chi connectivity index (χ1v) is 7.95. The maximum atomic E-state index is 11.7. The van der Waals surface area contributed by atoms with Crippen LogP contribution < -0.4 is 16.5 Å². The molecule has 116 valence electrons. The van der Waals surface area contributed by atoms with E-state index in [2.05, 4.69) is 20.8 Å². The third-order valence-electron chi connectivity index (χ3n) is 3.36. The van der Waals surface area contributed by atoms with Crippen LogP contribution in [0.2, 0.25) is 0 Å². The number of nitrogens with one attached hydrogen (secondary N) is 2. The van der Waals surface area contributed by atoms with Crippen molar-refractivity contribution in [1.82, 2.24) is 25.5 Å². The molecular formula is C12H20N6O2S. The van der Waals surface area contributed by atoms with E-state index < -0.39 is 6.03 Å². The van der Waals surface area contributed by atoms with Crippen LogP contribution >= 0.6 is 11.8 Å². The zero-order chi connectivity index (χ0) is 15.2. The highest BCUT2D eigenvalue weighted by atomic mass is 32.2. The lowest BCUT2D eigenvalue weighted by atomic mass is 9.96. The molecule has 1 aromatic rings. The molecule has 1 heterocycles. The van der Waals surface area contributed by atoms with Crippen LogP contribution in [0.5, 0.6) is 0 Å². The van der Waals surface area contributed by atoms with E-state index >= 15 is 0 Å². The summed E-state index contributed by atoms with van der Waals surface area (Å²) in [7, 11) is 0. The van der Waals surface area contributed by atoms with Crippen molar-refractivity contribution in [2.24, 2.45) is 0 Å². The Morgan fingerprint density at radius 2 is 2.05 bits per heavy atom. The number of hydrogen-bond acceptors (Lipinski definition) is 6. The predicted octanol–water partition coefficient (Wildman–Crippen LogP) is 0.551. The number of nitrogens with zero attached hydrogens (tertiary/aromatic N) is 3. The fraction of sp³-hybridized carbons (Fsp3) is 0.667. The van der Waals surface area contributed by atoms with Gasteiger partial charge < -0.3 is 11.2 Å². The molecule has 0 radical (unpaired) electrons. The molecule has 9 heteroatoms. The zero-order valence-corrected chi connectivity index (χ0v) is 12.8. The molecule has 1 aromatic heterocycles. The number of urea groups is 1. The molecule has 0 aromatic carbocycles. The standard InChI is InChI=1S/C12H20N6O2S/c1-8-16-17-12(18(8)13)21-7-10(19)15-11(20)14-9-5-3-2-4-6-9/h9H,2-7,13H2,1H3,(H2,14,15,19,20). The molecule has 0 aliphatic heterocycles. The second-order valence-electron chi connectivity index (χ2n) is 5.05. The molecule has 0 bridgehead atoms. The Hall–Kier alpha value is -1.77. The lowest BCUT2D eigenvalue weighted by Crippen LogP contribution is -2.45. The minimum Gasteiger partial charge on any atom is -0.336 e. The van der Waals surface area contributed by atoms with E-state index in [1.807, 2.05) is 0 Å². The number of rotatable bonds is 4. The molecule has 1 saturated carbocycles. The van der Waals surface area contributed by atoms with Gasteiger partial charge in [0.1, 0.15) is 5.82 Å². The van der Waals surface area contributed by atoms with Gasteiger partial charge in [-0.05, 0) is 19.8 Å². The Morgan fingerprint density at radius 3 is 2.67 bits per heavy atom. The van der Waals surface area contributed by atoms with E-state index in [-0.39, 0.29) is 17.7 Å². The van der Waals surface area contributed by atoms with E-state index in [0.717, 1.165) is 37.4 Å². The number of hydrogen-bond donors (Lipinski definition) is 3. The van der Waals surface area contributed by atoms with Gasteiger partial charge in [0.25, 0.3) is 0 Å². The van der Waals surface area contributed by atoms with E-state index in [4.69, 9.17) is 5.84 Å². The number of nitrogen functional groups attached to an aromatic ring is 1. The molecule has 21 heavy (non-hydrogen) atoms. The molecule has 1 fully saturated rings. The maximum Gasteiger partial charge on any atom is 0.321 e. The molecule has 3 amide bonds. The highest BCUT2D eigenvalue weighted by Gasteiger charge is 2.17. The summed E-state index contributed by atoms with van der Waals surface area (Å²) >= 11 is 1.14. The lowest BCUT2D eigenvalue weighted by molar-refractivity contribution is -0.117. The Kier molecular flexibility index (Phi) is 5.43. The van der Waals surface area contributed by atoms with Gasteiger partial charge in [0, 0.05) is 6.04 Å². The first kappa shape index (κ1) is 15.6. The Morgan fingerprint density at radius 1 is 1.33 bits per heavy atom. The molecule has 8 nitrogen and oxygen atoms in total. The molecule has 0 atom stereocenters. The van der Waals surface area contributed by atoms with Crippen molar-refractivity contribution in [3.05, 3.63) is 5.82 Å². The van der Waals surface area contributed by atoms with Crippen LogP contribution in [0, 0.1) is 6.92 Å². The lowest BCUT2D eigenvalue weighted by Gasteiger charge is -2.22. The van der Waals surface area contributed by atoms with E-state index in [9.17, 15) is 9.59 Å². The van der Waals surface area contributed by atoms with Crippen LogP contribution in [-0.2, 0) is 4.79 Å². The van der Waals surface area contributed by atoms with Crippen molar-refractivity contribution >= 4 is 23.7 Å². The number of nitrogens with two attached hydrogens (primary N) is 1. The fourth-order valence-electron chi connectivity index (χ4n) is 2.21. The number of imide groups is 1. The van der Waals surface area contributed by atoms with Crippen molar-refractivity contribution in [2.75, 3.05) is 11.6 Å². The molecule has 2 rings (SSSR count). The van der Waals surface area contributed by atoms with Crippen molar-refractivity contribution < 1.29 is 9.59 Å². The zero-order valence-electron chi connectivity index (χ0n) is 12.0. The number of thioether (sulfide) groups is 1.